The summed E-state index contributed by atoms with van der Waals surface area (Å²) >= 11 is 13.4. The molecular formula is C25H26Cl2N4O2S. The Balaban J connectivity index is 1.70. The second-order valence-electron chi connectivity index (χ2n) is 8.50. The number of carbonyl (C=O) groups is 2. The summed E-state index contributed by atoms with van der Waals surface area (Å²) in [5.41, 5.74) is 10.2. The van der Waals surface area contributed by atoms with Crippen LogP contribution in [0.15, 0.2) is 52.7 Å². The van der Waals surface area contributed by atoms with Crippen molar-refractivity contribution in [3.05, 3.63) is 68.8 Å². The highest BCUT2D eigenvalue weighted by atomic mass is 35.5. The van der Waals surface area contributed by atoms with Crippen LogP contribution in [0.25, 0.3) is 0 Å². The summed E-state index contributed by atoms with van der Waals surface area (Å²) in [6, 6.07) is 10.8. The number of nitrogens with two attached hydrogens (primary N) is 1. The number of likely N-dealkylation sites (tertiary alicyclic amines) is 1. The molecule has 4 rings (SSSR count). The number of nitrogens with one attached hydrogen (secondary N) is 1. The molecule has 0 saturated carbocycles. The third kappa shape index (κ3) is 5.27. The Morgan fingerprint density at radius 2 is 1.82 bits per heavy atom. The monoisotopic (exact) mass is 516 g/mol. The van der Waals surface area contributed by atoms with E-state index in [0.29, 0.717) is 39.4 Å². The fourth-order valence-corrected chi connectivity index (χ4v) is 5.54. The molecule has 0 aliphatic carbocycles. The van der Waals surface area contributed by atoms with Gasteiger partial charge >= 0.3 is 0 Å². The predicted molar refractivity (Wildman–Crippen MR) is 141 cm³/mol. The van der Waals surface area contributed by atoms with E-state index in [2.05, 4.69) is 5.32 Å². The zero-order valence-corrected chi connectivity index (χ0v) is 21.4. The van der Waals surface area contributed by atoms with E-state index in [1.54, 1.807) is 23.1 Å². The third-order valence-electron chi connectivity index (χ3n) is 5.89. The molecule has 0 radical (unpaired) electrons. The molecule has 3 N–H and O–H groups in total. The Morgan fingerprint density at radius 1 is 1.09 bits per heavy atom. The molecule has 2 aromatic rings. The molecule has 2 aromatic carbocycles. The average Bonchev–Trinajstić information content (AvgIpc) is 3.14. The number of hydrogen-bond donors (Lipinski definition) is 2. The second kappa shape index (κ2) is 10.4. The van der Waals surface area contributed by atoms with Crippen molar-refractivity contribution < 1.29 is 9.59 Å². The number of piperidine rings is 1. The predicted octanol–water partition coefficient (Wildman–Crippen LogP) is 5.62. The highest BCUT2D eigenvalue weighted by Gasteiger charge is 2.40. The minimum Gasteiger partial charge on any atom is -0.400 e. The number of thioether (sulfide) groups is 1. The van der Waals surface area contributed by atoms with E-state index in [4.69, 9.17) is 33.9 Å². The molecule has 9 heteroatoms. The van der Waals surface area contributed by atoms with Gasteiger partial charge in [0.15, 0.2) is 0 Å². The van der Waals surface area contributed by atoms with Crippen LogP contribution in [0.3, 0.4) is 0 Å². The van der Waals surface area contributed by atoms with Gasteiger partial charge in [-0.2, -0.15) is 0 Å². The molecule has 0 aromatic heterocycles. The maximum Gasteiger partial charge on any atom is 0.258 e. The number of hydrogen-bond acceptors (Lipinski definition) is 5. The first-order chi connectivity index (χ1) is 16.2. The smallest absolute Gasteiger partial charge is 0.258 e. The summed E-state index contributed by atoms with van der Waals surface area (Å²) in [7, 11) is 0. The maximum atomic E-state index is 13.5. The van der Waals surface area contributed by atoms with Gasteiger partial charge < -0.3 is 16.0 Å². The van der Waals surface area contributed by atoms with Gasteiger partial charge in [0.05, 0.1) is 22.0 Å². The highest BCUT2D eigenvalue weighted by molar-refractivity contribution is 8.16. The Labute approximate surface area is 213 Å². The van der Waals surface area contributed by atoms with Crippen LogP contribution in [0.4, 0.5) is 11.4 Å². The first-order valence-electron chi connectivity index (χ1n) is 11.1. The van der Waals surface area contributed by atoms with Crippen molar-refractivity contribution in [2.24, 2.45) is 10.7 Å². The summed E-state index contributed by atoms with van der Waals surface area (Å²) in [4.78, 5) is 33.3. The van der Waals surface area contributed by atoms with E-state index < -0.39 is 5.25 Å². The number of anilines is 1. The molecule has 0 unspecified atom stereocenters. The number of halogens is 2. The summed E-state index contributed by atoms with van der Waals surface area (Å²) in [6.45, 7) is 5.30. The van der Waals surface area contributed by atoms with Gasteiger partial charge in [-0.15, -0.1) is 0 Å². The van der Waals surface area contributed by atoms with Crippen molar-refractivity contribution in [3.8, 4) is 0 Å². The van der Waals surface area contributed by atoms with Crippen LogP contribution in [0, 0.1) is 13.8 Å². The standard InChI is InChI=1S/C25H26Cl2N4O2S/c1-14-6-7-15(2)19(12-14)30-24-20(25(33)31-10-4-3-5-11-31)21(28)22(34-24)23(32)29-18-9-8-16(26)13-17(18)27/h6-9,12-13,22H,3-5,10-11,28H2,1-2H3,(H,29,32)/t22-/m0/s1. The van der Waals surface area contributed by atoms with E-state index in [9.17, 15) is 9.59 Å². The lowest BCUT2D eigenvalue weighted by Gasteiger charge is -2.27. The Hall–Kier alpha value is -2.48. The molecule has 34 heavy (non-hydrogen) atoms. The topological polar surface area (TPSA) is 87.8 Å². The number of benzene rings is 2. The molecule has 6 nitrogen and oxygen atoms in total. The molecular weight excluding hydrogens is 491 g/mol. The largest absolute Gasteiger partial charge is 0.400 e. The van der Waals surface area contributed by atoms with Crippen molar-refractivity contribution in [1.82, 2.24) is 4.90 Å². The molecule has 178 valence electrons. The van der Waals surface area contributed by atoms with Crippen molar-refractivity contribution in [1.29, 1.82) is 0 Å². The first-order valence-corrected chi connectivity index (χ1v) is 12.8. The molecule has 1 fully saturated rings. The van der Waals surface area contributed by atoms with Crippen LogP contribution >= 0.6 is 35.0 Å². The van der Waals surface area contributed by atoms with Gasteiger partial charge in [0.1, 0.15) is 10.3 Å². The fraction of sp³-hybridized carbons (Fsp3) is 0.320. The van der Waals surface area contributed by atoms with Gasteiger partial charge in [0, 0.05) is 23.8 Å². The number of aliphatic imine (C=N–C) groups is 1. The van der Waals surface area contributed by atoms with Crippen molar-refractivity contribution in [2.75, 3.05) is 18.4 Å². The van der Waals surface area contributed by atoms with Crippen LogP contribution in [-0.2, 0) is 9.59 Å². The van der Waals surface area contributed by atoms with E-state index in [-0.39, 0.29) is 17.5 Å². The van der Waals surface area contributed by atoms with Gasteiger partial charge in [0.25, 0.3) is 5.91 Å². The molecule has 2 aliphatic heterocycles. The Bertz CT molecular complexity index is 1210. The Kier molecular flexibility index (Phi) is 7.55. The Morgan fingerprint density at radius 3 is 2.53 bits per heavy atom. The highest BCUT2D eigenvalue weighted by Crippen LogP contribution is 2.37. The molecule has 2 amide bonds. The molecule has 1 atom stereocenters. The summed E-state index contributed by atoms with van der Waals surface area (Å²) < 4.78 is 0. The summed E-state index contributed by atoms with van der Waals surface area (Å²) in [6.07, 6.45) is 3.01. The van der Waals surface area contributed by atoms with Crippen LogP contribution in [-0.4, -0.2) is 40.1 Å². The number of carbonyl (C=O) groups excluding carboxylic acids is 2. The number of nitrogens with zero attached hydrogens (tertiary/aromatic N) is 2. The fourth-order valence-electron chi connectivity index (χ4n) is 3.97. The molecule has 0 bridgehead atoms. The van der Waals surface area contributed by atoms with Crippen LogP contribution in [0.1, 0.15) is 30.4 Å². The second-order valence-corrected chi connectivity index (χ2v) is 10.4. The number of aryl methyl sites for hydroxylation is 2. The van der Waals surface area contributed by atoms with Crippen molar-refractivity contribution in [2.45, 2.75) is 38.4 Å². The zero-order chi connectivity index (χ0) is 24.4. The molecule has 0 spiro atoms. The minimum atomic E-state index is -0.806. The lowest BCUT2D eigenvalue weighted by molar-refractivity contribution is -0.127. The SMILES string of the molecule is Cc1ccc(C)c(N=C2S[C@H](C(=O)Nc3ccc(Cl)cc3Cl)C(N)=C2C(=O)N2CCCCC2)c1. The number of amides is 2. The van der Waals surface area contributed by atoms with Gasteiger partial charge in [-0.3, -0.25) is 9.59 Å². The van der Waals surface area contributed by atoms with E-state index in [1.165, 1.54) is 11.8 Å². The van der Waals surface area contributed by atoms with E-state index >= 15 is 0 Å². The minimum absolute atomic E-state index is 0.173. The zero-order valence-electron chi connectivity index (χ0n) is 19.0. The van der Waals surface area contributed by atoms with Crippen molar-refractivity contribution in [3.63, 3.8) is 0 Å². The van der Waals surface area contributed by atoms with Gasteiger partial charge in [-0.1, -0.05) is 47.1 Å². The first kappa shape index (κ1) is 24.6. The van der Waals surface area contributed by atoms with Gasteiger partial charge in [0.2, 0.25) is 5.91 Å². The molecule has 2 aliphatic rings. The lowest BCUT2D eigenvalue weighted by Crippen LogP contribution is -2.38. The lowest BCUT2D eigenvalue weighted by atomic mass is 10.1. The van der Waals surface area contributed by atoms with Crippen LogP contribution < -0.4 is 11.1 Å². The number of rotatable bonds is 4. The summed E-state index contributed by atoms with van der Waals surface area (Å²) in [5.74, 6) is -0.546. The van der Waals surface area contributed by atoms with E-state index in [0.717, 1.165) is 36.1 Å². The normalized spacial score (nSPS) is 19.6. The van der Waals surface area contributed by atoms with Crippen molar-refractivity contribution >= 4 is 63.2 Å². The van der Waals surface area contributed by atoms with Gasteiger partial charge in [-0.05, 0) is 68.5 Å². The average molecular weight is 517 g/mol. The maximum absolute atomic E-state index is 13.5. The quantitative estimate of drug-likeness (QED) is 0.551. The third-order valence-corrected chi connectivity index (χ3v) is 7.66. The van der Waals surface area contributed by atoms with E-state index in [1.807, 2.05) is 32.0 Å². The molecule has 2 heterocycles. The van der Waals surface area contributed by atoms with Crippen LogP contribution in [0.2, 0.25) is 10.0 Å². The van der Waals surface area contributed by atoms with Gasteiger partial charge in [-0.25, -0.2) is 4.99 Å². The molecule has 1 saturated heterocycles. The van der Waals surface area contributed by atoms with Crippen LogP contribution in [0.5, 0.6) is 0 Å². The summed E-state index contributed by atoms with van der Waals surface area (Å²) in [5, 5.41) is 3.25.